The van der Waals surface area contributed by atoms with Gasteiger partial charge in [-0.25, -0.2) is 0 Å². The molecule has 0 aliphatic heterocycles. The lowest BCUT2D eigenvalue weighted by atomic mass is 10.2. The number of rotatable bonds is 4. The summed E-state index contributed by atoms with van der Waals surface area (Å²) in [6.45, 7) is -0.159. The minimum absolute atomic E-state index is 0.159. The molecule has 0 radical (unpaired) electrons. The molecule has 0 heterocycles. The number of benzene rings is 2. The maximum atomic E-state index is 11.3. The predicted octanol–water partition coefficient (Wildman–Crippen LogP) is 2.83. The molecule has 0 saturated heterocycles. The van der Waals surface area contributed by atoms with Crippen LogP contribution in [-0.4, -0.2) is 11.0 Å². The van der Waals surface area contributed by atoms with E-state index in [9.17, 15) is 9.90 Å². The van der Waals surface area contributed by atoms with Gasteiger partial charge < -0.3 is 15.6 Å². The maximum Gasteiger partial charge on any atom is 0.252 e. The van der Waals surface area contributed by atoms with E-state index in [4.69, 9.17) is 10.5 Å². The number of hydrogen-bond donors (Lipinski definition) is 2. The van der Waals surface area contributed by atoms with Crippen LogP contribution < -0.4 is 10.5 Å². The fourth-order valence-electron chi connectivity index (χ4n) is 1.65. The number of ether oxygens (including phenoxy) is 1. The van der Waals surface area contributed by atoms with Gasteiger partial charge in [0.05, 0.1) is 12.2 Å². The smallest absolute Gasteiger partial charge is 0.252 e. The first-order valence-corrected chi connectivity index (χ1v) is 6.37. The van der Waals surface area contributed by atoms with Gasteiger partial charge in [-0.2, -0.15) is 0 Å². The van der Waals surface area contributed by atoms with Crippen LogP contribution in [0.5, 0.6) is 11.5 Å². The second-order valence-corrected chi connectivity index (χ2v) is 4.79. The highest BCUT2D eigenvalue weighted by Gasteiger charge is 2.11. The molecule has 1 amide bonds. The molecular weight excluding hydrogens is 310 g/mol. The van der Waals surface area contributed by atoms with Gasteiger partial charge in [0.2, 0.25) is 0 Å². The lowest BCUT2D eigenvalue weighted by molar-refractivity contribution is 0.0998. The van der Waals surface area contributed by atoms with Crippen LogP contribution in [0.25, 0.3) is 0 Å². The summed E-state index contributed by atoms with van der Waals surface area (Å²) in [6.07, 6.45) is 0. The highest BCUT2D eigenvalue weighted by molar-refractivity contribution is 9.10. The number of aliphatic hydroxyl groups excluding tert-OH is 1. The Morgan fingerprint density at radius 1 is 1.21 bits per heavy atom. The van der Waals surface area contributed by atoms with E-state index < -0.39 is 5.91 Å². The number of aliphatic hydroxyl groups is 1. The molecule has 2 rings (SSSR count). The first-order chi connectivity index (χ1) is 9.11. The molecule has 0 unspecified atom stereocenters. The van der Waals surface area contributed by atoms with Gasteiger partial charge in [0.1, 0.15) is 11.5 Å². The summed E-state index contributed by atoms with van der Waals surface area (Å²) in [5.41, 5.74) is 6.21. The minimum atomic E-state index is -0.557. The molecule has 98 valence electrons. The second kappa shape index (κ2) is 5.86. The summed E-state index contributed by atoms with van der Waals surface area (Å²) in [7, 11) is 0. The van der Waals surface area contributed by atoms with E-state index in [0.717, 1.165) is 4.47 Å². The molecule has 0 aliphatic carbocycles. The second-order valence-electron chi connectivity index (χ2n) is 3.87. The molecule has 3 N–H and O–H groups in total. The predicted molar refractivity (Wildman–Crippen MR) is 75.1 cm³/mol. The van der Waals surface area contributed by atoms with E-state index in [1.54, 1.807) is 42.5 Å². The van der Waals surface area contributed by atoms with E-state index in [-0.39, 0.29) is 6.61 Å². The zero-order valence-corrected chi connectivity index (χ0v) is 11.6. The van der Waals surface area contributed by atoms with Crippen LogP contribution >= 0.6 is 15.9 Å². The Kier molecular flexibility index (Phi) is 4.19. The van der Waals surface area contributed by atoms with Crippen molar-refractivity contribution in [3.63, 3.8) is 0 Å². The first kappa shape index (κ1) is 13.6. The monoisotopic (exact) mass is 321 g/mol. The molecule has 0 aromatic heterocycles. The SMILES string of the molecule is NC(=O)c1ccccc1Oc1ccc(Br)cc1CO. The van der Waals surface area contributed by atoms with Gasteiger partial charge in [-0.05, 0) is 30.3 Å². The van der Waals surface area contributed by atoms with Crippen molar-refractivity contribution >= 4 is 21.8 Å². The van der Waals surface area contributed by atoms with Crippen LogP contribution in [0.1, 0.15) is 15.9 Å². The summed E-state index contributed by atoms with van der Waals surface area (Å²) in [6, 6.07) is 12.0. The number of para-hydroxylation sites is 1. The van der Waals surface area contributed by atoms with E-state index in [2.05, 4.69) is 15.9 Å². The third kappa shape index (κ3) is 3.13. The van der Waals surface area contributed by atoms with Gasteiger partial charge in [0, 0.05) is 10.0 Å². The molecule has 2 aromatic carbocycles. The Bertz CT molecular complexity index is 613. The molecule has 0 aliphatic rings. The molecule has 4 nitrogen and oxygen atoms in total. The zero-order valence-electron chi connectivity index (χ0n) is 9.97. The van der Waals surface area contributed by atoms with Gasteiger partial charge >= 0.3 is 0 Å². The number of hydrogen-bond acceptors (Lipinski definition) is 3. The minimum Gasteiger partial charge on any atom is -0.456 e. The Balaban J connectivity index is 2.39. The summed E-state index contributed by atoms with van der Waals surface area (Å²) in [4.78, 5) is 11.3. The lowest BCUT2D eigenvalue weighted by Gasteiger charge is -2.12. The van der Waals surface area contributed by atoms with Crippen LogP contribution in [0.2, 0.25) is 0 Å². The standard InChI is InChI=1S/C14H12BrNO3/c15-10-5-6-12(9(7-10)8-17)19-13-4-2-1-3-11(13)14(16)18/h1-7,17H,8H2,(H2,16,18). The van der Waals surface area contributed by atoms with Crippen molar-refractivity contribution in [1.29, 1.82) is 0 Å². The quantitative estimate of drug-likeness (QED) is 0.909. The van der Waals surface area contributed by atoms with Crippen molar-refractivity contribution < 1.29 is 14.6 Å². The number of primary amides is 1. The van der Waals surface area contributed by atoms with Crippen molar-refractivity contribution in [2.75, 3.05) is 0 Å². The van der Waals surface area contributed by atoms with Gasteiger partial charge in [-0.15, -0.1) is 0 Å². The third-order valence-corrected chi connectivity index (χ3v) is 3.06. The molecule has 5 heteroatoms. The normalized spacial score (nSPS) is 10.2. The van der Waals surface area contributed by atoms with Crippen LogP contribution in [0.15, 0.2) is 46.9 Å². The number of nitrogens with two attached hydrogens (primary N) is 1. The van der Waals surface area contributed by atoms with Crippen molar-refractivity contribution in [3.05, 3.63) is 58.1 Å². The van der Waals surface area contributed by atoms with Gasteiger partial charge in [-0.1, -0.05) is 28.1 Å². The van der Waals surface area contributed by atoms with Crippen molar-refractivity contribution in [2.45, 2.75) is 6.61 Å². The molecule has 0 saturated carbocycles. The number of carbonyl (C=O) groups excluding carboxylic acids is 1. The Morgan fingerprint density at radius 2 is 1.95 bits per heavy atom. The molecule has 0 atom stereocenters. The molecule has 19 heavy (non-hydrogen) atoms. The Labute approximate surface area is 118 Å². The van der Waals surface area contributed by atoms with E-state index in [1.165, 1.54) is 0 Å². The van der Waals surface area contributed by atoms with Gasteiger partial charge in [0.25, 0.3) is 5.91 Å². The number of amides is 1. The lowest BCUT2D eigenvalue weighted by Crippen LogP contribution is -2.12. The Hall–Kier alpha value is -1.85. The summed E-state index contributed by atoms with van der Waals surface area (Å²) in [5.74, 6) is 0.296. The van der Waals surface area contributed by atoms with E-state index >= 15 is 0 Å². The van der Waals surface area contributed by atoms with Crippen LogP contribution in [0.4, 0.5) is 0 Å². The maximum absolute atomic E-state index is 11.3. The summed E-state index contributed by atoms with van der Waals surface area (Å²) in [5, 5.41) is 9.31. The van der Waals surface area contributed by atoms with E-state index in [0.29, 0.717) is 22.6 Å². The van der Waals surface area contributed by atoms with Crippen LogP contribution in [0, 0.1) is 0 Å². The average molecular weight is 322 g/mol. The number of carbonyl (C=O) groups is 1. The molecular formula is C14H12BrNO3. The van der Waals surface area contributed by atoms with Crippen molar-refractivity contribution in [3.8, 4) is 11.5 Å². The van der Waals surface area contributed by atoms with Crippen molar-refractivity contribution in [2.24, 2.45) is 5.73 Å². The molecule has 0 fully saturated rings. The topological polar surface area (TPSA) is 72.6 Å². The first-order valence-electron chi connectivity index (χ1n) is 5.58. The molecule has 0 bridgehead atoms. The highest BCUT2D eigenvalue weighted by atomic mass is 79.9. The molecule has 2 aromatic rings. The van der Waals surface area contributed by atoms with Gasteiger partial charge in [-0.3, -0.25) is 4.79 Å². The summed E-state index contributed by atoms with van der Waals surface area (Å²) < 4.78 is 6.51. The van der Waals surface area contributed by atoms with Crippen LogP contribution in [-0.2, 0) is 6.61 Å². The highest BCUT2D eigenvalue weighted by Crippen LogP contribution is 2.30. The largest absolute Gasteiger partial charge is 0.456 e. The Morgan fingerprint density at radius 3 is 2.63 bits per heavy atom. The van der Waals surface area contributed by atoms with E-state index in [1.807, 2.05) is 0 Å². The fraction of sp³-hybridized carbons (Fsp3) is 0.0714. The van der Waals surface area contributed by atoms with Crippen molar-refractivity contribution in [1.82, 2.24) is 0 Å². The number of halogens is 1. The fourth-order valence-corrected chi connectivity index (χ4v) is 2.06. The zero-order chi connectivity index (χ0) is 13.8. The molecule has 0 spiro atoms. The van der Waals surface area contributed by atoms with Crippen LogP contribution in [0.3, 0.4) is 0 Å². The van der Waals surface area contributed by atoms with Gasteiger partial charge in [0.15, 0.2) is 0 Å². The third-order valence-electron chi connectivity index (χ3n) is 2.57. The summed E-state index contributed by atoms with van der Waals surface area (Å²) >= 11 is 3.32. The average Bonchev–Trinajstić information content (AvgIpc) is 2.41.